The van der Waals surface area contributed by atoms with Gasteiger partial charge < -0.3 is 29.7 Å². The van der Waals surface area contributed by atoms with Crippen LogP contribution in [0.15, 0.2) is 30.5 Å². The Labute approximate surface area is 214 Å². The van der Waals surface area contributed by atoms with Crippen molar-refractivity contribution in [2.45, 2.75) is 77.7 Å². The molecule has 1 saturated heterocycles. The zero-order valence-corrected chi connectivity index (χ0v) is 22.3. The summed E-state index contributed by atoms with van der Waals surface area (Å²) in [5, 5.41) is 12.9. The summed E-state index contributed by atoms with van der Waals surface area (Å²) < 4.78 is 10.5. The fraction of sp³-hybridized carbons (Fsp3) is 0.577. The third kappa shape index (κ3) is 6.28. The van der Waals surface area contributed by atoms with Gasteiger partial charge in [-0.3, -0.25) is 4.79 Å². The molecule has 1 aromatic heterocycles. The molecule has 2 atom stereocenters. The molecule has 0 saturated carbocycles. The number of hydrogen-bond acceptors (Lipinski definition) is 6. The third-order valence-electron chi connectivity index (χ3n) is 7.02. The molecule has 0 bridgehead atoms. The van der Waals surface area contributed by atoms with E-state index in [0.29, 0.717) is 6.54 Å². The van der Waals surface area contributed by atoms with Crippen molar-refractivity contribution in [3.8, 4) is 11.3 Å². The molecule has 3 rings (SSSR count). The number of likely N-dealkylation sites (tertiary alicyclic amines) is 1. The lowest BCUT2D eigenvalue weighted by Gasteiger charge is -2.37. The van der Waals surface area contributed by atoms with Crippen LogP contribution >= 0.6 is 0 Å². The number of ether oxygens (including phenoxy) is 1. The summed E-state index contributed by atoms with van der Waals surface area (Å²) in [5.41, 5.74) is 0.949. The number of nitrogens with zero attached hydrogens (tertiary/aromatic N) is 2. The number of alkyl carbamates (subject to hydrolysis) is 1. The van der Waals surface area contributed by atoms with Crippen molar-refractivity contribution in [3.05, 3.63) is 36.3 Å². The van der Waals surface area contributed by atoms with Crippen LogP contribution in [0.5, 0.6) is 0 Å². The molecular weight excluding hydrogens is 459 g/mol. The van der Waals surface area contributed by atoms with E-state index in [0.717, 1.165) is 35.4 Å². The second kappa shape index (κ2) is 11.0. The van der Waals surface area contributed by atoms with Gasteiger partial charge in [-0.05, 0) is 52.0 Å². The quantitative estimate of drug-likeness (QED) is 0.459. The average molecular weight is 497 g/mol. The van der Waals surface area contributed by atoms with Gasteiger partial charge >= 0.3 is 13.6 Å². The zero-order valence-electron chi connectivity index (χ0n) is 22.3. The number of carbonyl (C=O) groups excluding carboxylic acids is 2. The van der Waals surface area contributed by atoms with Crippen LogP contribution in [0.4, 0.5) is 4.79 Å². The molecule has 1 aromatic carbocycles. The number of aliphatic hydroxyl groups is 1. The van der Waals surface area contributed by atoms with Crippen molar-refractivity contribution >= 4 is 24.9 Å². The molecule has 0 aliphatic carbocycles. The van der Waals surface area contributed by atoms with E-state index < -0.39 is 23.3 Å². The number of aromatic amines is 1. The second-order valence-electron chi connectivity index (χ2n) is 10.7. The van der Waals surface area contributed by atoms with Gasteiger partial charge in [0.25, 0.3) is 0 Å². The van der Waals surface area contributed by atoms with E-state index in [1.54, 1.807) is 32.4 Å². The summed E-state index contributed by atoms with van der Waals surface area (Å²) in [6.07, 6.45) is 2.81. The van der Waals surface area contributed by atoms with Gasteiger partial charge in [0, 0.05) is 6.54 Å². The highest BCUT2D eigenvalue weighted by Crippen LogP contribution is 2.32. The minimum Gasteiger partial charge on any atom is -0.453 e. The number of rotatable bonds is 9. The summed E-state index contributed by atoms with van der Waals surface area (Å²) in [5.74, 6) is 0.505. The van der Waals surface area contributed by atoms with Gasteiger partial charge in [0.1, 0.15) is 11.9 Å². The van der Waals surface area contributed by atoms with Gasteiger partial charge in [0.05, 0.1) is 36.2 Å². The van der Waals surface area contributed by atoms with Gasteiger partial charge in [-0.25, -0.2) is 9.78 Å². The maximum absolute atomic E-state index is 13.3. The lowest BCUT2D eigenvalue weighted by molar-refractivity contribution is -0.135. The molecule has 3 N–H and O–H groups in total. The molecule has 2 heterocycles. The lowest BCUT2D eigenvalue weighted by atomic mass is 9.82. The number of aromatic nitrogens is 2. The monoisotopic (exact) mass is 497 g/mol. The third-order valence-corrected chi connectivity index (χ3v) is 7.02. The standard InChI is InChI=1S/C26H38BN4O5/c1-16(2)21(30-24(33)35-7)23(32)31-14-8-9-20(31)22-28-15-19(29-22)17-10-12-18(13-11-17)27-36-26(5,6)25(3,4)34/h10-13,15-16,20-21,34H,8-9,14H2,1-7H3,(H,28,29)(H,30,33)/t20-,21-/m0/s1. The van der Waals surface area contributed by atoms with Crippen molar-refractivity contribution in [1.29, 1.82) is 0 Å². The van der Waals surface area contributed by atoms with Gasteiger partial charge in [0.2, 0.25) is 5.91 Å². The summed E-state index contributed by atoms with van der Waals surface area (Å²) in [6, 6.07) is 6.96. The molecule has 2 amide bonds. The van der Waals surface area contributed by atoms with Gasteiger partial charge in [0.15, 0.2) is 0 Å². The van der Waals surface area contributed by atoms with E-state index >= 15 is 0 Å². The summed E-state index contributed by atoms with van der Waals surface area (Å²) in [7, 11) is 2.93. The van der Waals surface area contributed by atoms with E-state index in [1.165, 1.54) is 7.11 Å². The number of methoxy groups -OCH3 is 1. The van der Waals surface area contributed by atoms with E-state index in [-0.39, 0.29) is 17.9 Å². The molecule has 1 aliphatic heterocycles. The lowest BCUT2D eigenvalue weighted by Crippen LogP contribution is -2.51. The maximum atomic E-state index is 13.3. The number of amides is 2. The molecule has 1 radical (unpaired) electrons. The molecule has 195 valence electrons. The first-order valence-electron chi connectivity index (χ1n) is 12.4. The minimum atomic E-state index is -0.990. The topological polar surface area (TPSA) is 117 Å². The molecule has 0 unspecified atom stereocenters. The number of carbonyl (C=O) groups is 2. The van der Waals surface area contributed by atoms with Gasteiger partial charge in [-0.2, -0.15) is 0 Å². The first kappa shape index (κ1) is 27.7. The predicted molar refractivity (Wildman–Crippen MR) is 139 cm³/mol. The Kier molecular flexibility index (Phi) is 8.51. The summed E-state index contributed by atoms with van der Waals surface area (Å²) >= 11 is 0. The number of hydrogen-bond donors (Lipinski definition) is 3. The molecule has 0 spiro atoms. The number of imidazole rings is 1. The van der Waals surface area contributed by atoms with Gasteiger partial charge in [-0.15, -0.1) is 0 Å². The fourth-order valence-electron chi connectivity index (χ4n) is 3.95. The molecular formula is C26H38BN4O5. The number of H-pyrrole nitrogens is 1. The SMILES string of the molecule is COC(=O)N[C@H](C(=O)N1CCC[C@H]1c1ncc(-c2ccc([B]OC(C)(C)C(C)(C)O)cc2)[nH]1)C(C)C. The van der Waals surface area contributed by atoms with Crippen LogP contribution in [0.3, 0.4) is 0 Å². The second-order valence-corrected chi connectivity index (χ2v) is 10.7. The highest BCUT2D eigenvalue weighted by molar-refractivity contribution is 6.47. The molecule has 36 heavy (non-hydrogen) atoms. The molecule has 10 heteroatoms. The summed E-state index contributed by atoms with van der Waals surface area (Å²) in [4.78, 5) is 34.8. The van der Waals surface area contributed by atoms with E-state index in [4.69, 9.17) is 9.39 Å². The minimum absolute atomic E-state index is 0.0849. The molecule has 1 fully saturated rings. The van der Waals surface area contributed by atoms with Crippen molar-refractivity contribution in [3.63, 3.8) is 0 Å². The Morgan fingerprint density at radius 1 is 1.22 bits per heavy atom. The molecule has 9 nitrogen and oxygen atoms in total. The smallest absolute Gasteiger partial charge is 0.407 e. The Morgan fingerprint density at radius 3 is 2.47 bits per heavy atom. The van der Waals surface area contributed by atoms with Crippen LogP contribution in [-0.4, -0.2) is 70.4 Å². The predicted octanol–water partition coefficient (Wildman–Crippen LogP) is 2.93. The van der Waals surface area contributed by atoms with Crippen molar-refractivity contribution in [1.82, 2.24) is 20.2 Å². The first-order chi connectivity index (χ1) is 16.8. The average Bonchev–Trinajstić information content (AvgIpc) is 3.49. The van der Waals surface area contributed by atoms with Crippen molar-refractivity contribution < 1.29 is 24.1 Å². The zero-order chi connectivity index (χ0) is 26.7. The van der Waals surface area contributed by atoms with Crippen LogP contribution in [0.1, 0.15) is 66.3 Å². The Balaban J connectivity index is 1.70. The first-order valence-corrected chi connectivity index (χ1v) is 12.4. The van der Waals surface area contributed by atoms with Crippen molar-refractivity contribution in [2.24, 2.45) is 5.92 Å². The number of benzene rings is 1. The van der Waals surface area contributed by atoms with Crippen molar-refractivity contribution in [2.75, 3.05) is 13.7 Å². The van der Waals surface area contributed by atoms with Crippen LogP contribution in [0.2, 0.25) is 0 Å². The van der Waals surface area contributed by atoms with Crippen LogP contribution in [0.25, 0.3) is 11.3 Å². The van der Waals surface area contributed by atoms with E-state index in [2.05, 4.69) is 15.3 Å². The fourth-order valence-corrected chi connectivity index (χ4v) is 3.95. The number of nitrogens with one attached hydrogen (secondary N) is 2. The molecule has 2 aromatic rings. The maximum Gasteiger partial charge on any atom is 0.407 e. The van der Waals surface area contributed by atoms with Crippen LogP contribution in [-0.2, 0) is 14.2 Å². The highest BCUT2D eigenvalue weighted by Gasteiger charge is 2.38. The normalized spacial score (nSPS) is 17.2. The van der Waals surface area contributed by atoms with Crippen LogP contribution in [0, 0.1) is 5.92 Å². The Morgan fingerprint density at radius 2 is 1.89 bits per heavy atom. The van der Waals surface area contributed by atoms with E-state index in [1.807, 2.05) is 52.0 Å². The largest absolute Gasteiger partial charge is 0.453 e. The van der Waals surface area contributed by atoms with Crippen LogP contribution < -0.4 is 10.8 Å². The molecule has 1 aliphatic rings. The highest BCUT2D eigenvalue weighted by atomic mass is 16.5. The Bertz CT molecular complexity index is 1050. The summed E-state index contributed by atoms with van der Waals surface area (Å²) in [6.45, 7) is 11.5. The van der Waals surface area contributed by atoms with Gasteiger partial charge in [-0.1, -0.05) is 43.6 Å². The van der Waals surface area contributed by atoms with E-state index in [9.17, 15) is 14.7 Å². The Hall–Kier alpha value is -2.85.